The van der Waals surface area contributed by atoms with Gasteiger partial charge in [0.05, 0.1) is 16.7 Å². The Hall–Kier alpha value is -2.61. The van der Waals surface area contributed by atoms with Crippen molar-refractivity contribution < 1.29 is 0 Å². The maximum Gasteiger partial charge on any atom is 0.328 e. The van der Waals surface area contributed by atoms with E-state index in [2.05, 4.69) is 10.1 Å². The molecular weight excluding hydrogens is 288 g/mol. The molecule has 3 aromatic heterocycles. The maximum absolute atomic E-state index is 12.0. The number of nitrogens with two attached hydrogens (primary N) is 1. The van der Waals surface area contributed by atoms with Crippen LogP contribution in [-0.2, 0) is 14.1 Å². The molecule has 0 saturated carbocycles. The van der Waals surface area contributed by atoms with E-state index in [0.717, 1.165) is 27.3 Å². The third kappa shape index (κ3) is 1.56. The van der Waals surface area contributed by atoms with Gasteiger partial charge in [-0.15, -0.1) is 16.4 Å². The number of hydrogen-bond acceptors (Lipinski definition) is 5. The second kappa shape index (κ2) is 3.95. The van der Waals surface area contributed by atoms with Gasteiger partial charge in [0.25, 0.3) is 0 Å². The lowest BCUT2D eigenvalue weighted by Gasteiger charge is -2.01. The van der Waals surface area contributed by atoms with Crippen molar-refractivity contribution in [3.8, 4) is 11.3 Å². The summed E-state index contributed by atoms with van der Waals surface area (Å²) in [5.74, 6) is 0.260. The van der Waals surface area contributed by atoms with Crippen molar-refractivity contribution in [2.45, 2.75) is 0 Å². The number of thiazole rings is 1. The Morgan fingerprint density at radius 3 is 2.76 bits per heavy atom. The zero-order valence-electron chi connectivity index (χ0n) is 11.4. The lowest BCUT2D eigenvalue weighted by molar-refractivity contribution is 0.795. The van der Waals surface area contributed by atoms with E-state index in [1.165, 1.54) is 11.3 Å². The zero-order chi connectivity index (χ0) is 14.7. The highest BCUT2D eigenvalue weighted by molar-refractivity contribution is 7.15. The van der Waals surface area contributed by atoms with Gasteiger partial charge in [0.15, 0.2) is 0 Å². The molecule has 8 heteroatoms. The van der Waals surface area contributed by atoms with Gasteiger partial charge in [0, 0.05) is 25.0 Å². The Morgan fingerprint density at radius 1 is 1.19 bits per heavy atom. The number of imidazole rings is 1. The van der Waals surface area contributed by atoms with Crippen LogP contribution < -0.4 is 11.4 Å². The van der Waals surface area contributed by atoms with Crippen molar-refractivity contribution in [3.63, 3.8) is 0 Å². The lowest BCUT2D eigenvalue weighted by Crippen LogP contribution is -2.19. The summed E-state index contributed by atoms with van der Waals surface area (Å²) in [6, 6.07) is 5.90. The number of hydrogen-bond donors (Lipinski definition) is 1. The molecule has 0 saturated heterocycles. The maximum atomic E-state index is 12.0. The monoisotopic (exact) mass is 300 g/mol. The second-order valence-electron chi connectivity index (χ2n) is 4.89. The molecule has 0 unspecified atom stereocenters. The number of aromatic nitrogens is 5. The van der Waals surface area contributed by atoms with Crippen LogP contribution in [-0.4, -0.2) is 23.7 Å². The van der Waals surface area contributed by atoms with E-state index in [0.29, 0.717) is 0 Å². The van der Waals surface area contributed by atoms with E-state index in [-0.39, 0.29) is 11.6 Å². The summed E-state index contributed by atoms with van der Waals surface area (Å²) in [6.45, 7) is 0. The smallest absolute Gasteiger partial charge is 0.328 e. The molecule has 4 rings (SSSR count). The third-order valence-electron chi connectivity index (χ3n) is 3.67. The van der Waals surface area contributed by atoms with Crippen molar-refractivity contribution in [1.29, 1.82) is 0 Å². The van der Waals surface area contributed by atoms with Crippen LogP contribution in [0.25, 0.3) is 27.3 Å². The molecule has 21 heavy (non-hydrogen) atoms. The van der Waals surface area contributed by atoms with Gasteiger partial charge >= 0.3 is 5.69 Å². The van der Waals surface area contributed by atoms with Crippen LogP contribution in [0, 0.1) is 0 Å². The van der Waals surface area contributed by atoms with Crippen LogP contribution in [0.1, 0.15) is 0 Å². The minimum Gasteiger partial charge on any atom is -0.366 e. The van der Waals surface area contributed by atoms with E-state index in [4.69, 9.17) is 5.73 Å². The van der Waals surface area contributed by atoms with Crippen LogP contribution in [0.3, 0.4) is 0 Å². The SMILES string of the molecule is Cn1c(=O)n(C)c2cc(-c3csc4nc(N)nn34)ccc21. The van der Waals surface area contributed by atoms with E-state index >= 15 is 0 Å². The zero-order valence-corrected chi connectivity index (χ0v) is 12.3. The molecule has 0 spiro atoms. The highest BCUT2D eigenvalue weighted by Crippen LogP contribution is 2.27. The summed E-state index contributed by atoms with van der Waals surface area (Å²) in [7, 11) is 3.54. The molecule has 4 aromatic rings. The molecule has 106 valence electrons. The quantitative estimate of drug-likeness (QED) is 0.573. The van der Waals surface area contributed by atoms with Gasteiger partial charge in [-0.1, -0.05) is 6.07 Å². The van der Waals surface area contributed by atoms with Crippen LogP contribution >= 0.6 is 11.3 Å². The highest BCUT2D eigenvalue weighted by Gasteiger charge is 2.13. The standard InChI is InChI=1S/C13H12N6OS/c1-17-8-4-3-7(5-9(8)18(2)13(17)20)10-6-21-12-15-11(14)16-19(10)12/h3-6H,1-2H3,(H2,14,16). The molecule has 0 aliphatic carbocycles. The van der Waals surface area contributed by atoms with Crippen molar-refractivity contribution in [3.05, 3.63) is 34.1 Å². The van der Waals surface area contributed by atoms with Crippen molar-refractivity contribution in [2.75, 3.05) is 5.73 Å². The molecule has 0 amide bonds. The number of nitrogens with zero attached hydrogens (tertiary/aromatic N) is 5. The summed E-state index contributed by atoms with van der Waals surface area (Å²) in [4.78, 5) is 16.9. The van der Waals surface area contributed by atoms with Crippen LogP contribution in [0.5, 0.6) is 0 Å². The number of benzene rings is 1. The molecular formula is C13H12N6OS. The first-order chi connectivity index (χ1) is 10.1. The van der Waals surface area contributed by atoms with E-state index in [1.807, 2.05) is 23.6 Å². The average Bonchev–Trinajstić information content (AvgIpc) is 3.08. The molecule has 1 aromatic carbocycles. The molecule has 0 radical (unpaired) electrons. The van der Waals surface area contributed by atoms with Crippen molar-refractivity contribution in [2.24, 2.45) is 14.1 Å². The summed E-state index contributed by atoms with van der Waals surface area (Å²) >= 11 is 1.48. The summed E-state index contributed by atoms with van der Waals surface area (Å²) < 4.78 is 5.00. The van der Waals surface area contributed by atoms with Crippen molar-refractivity contribution >= 4 is 33.3 Å². The summed E-state index contributed by atoms with van der Waals surface area (Å²) in [6.07, 6.45) is 0. The molecule has 0 atom stereocenters. The molecule has 3 heterocycles. The van der Waals surface area contributed by atoms with E-state index < -0.39 is 0 Å². The Balaban J connectivity index is 2.02. The molecule has 0 aliphatic heterocycles. The van der Waals surface area contributed by atoms with Gasteiger partial charge in [-0.3, -0.25) is 9.13 Å². The van der Waals surface area contributed by atoms with Crippen molar-refractivity contribution in [1.82, 2.24) is 23.7 Å². The fourth-order valence-corrected chi connectivity index (χ4v) is 3.40. The fourth-order valence-electron chi connectivity index (χ4n) is 2.56. The fraction of sp³-hybridized carbons (Fsp3) is 0.154. The summed E-state index contributed by atoms with van der Waals surface area (Å²) in [5.41, 5.74) is 9.26. The highest BCUT2D eigenvalue weighted by atomic mass is 32.1. The van der Waals surface area contributed by atoms with Crippen LogP contribution in [0.15, 0.2) is 28.4 Å². The van der Waals surface area contributed by atoms with Crippen LogP contribution in [0.4, 0.5) is 5.95 Å². The average molecular weight is 300 g/mol. The number of nitrogen functional groups attached to an aromatic ring is 1. The van der Waals surface area contributed by atoms with Gasteiger partial charge in [0.2, 0.25) is 10.9 Å². The van der Waals surface area contributed by atoms with Gasteiger partial charge < -0.3 is 5.73 Å². The minimum absolute atomic E-state index is 0.0392. The Bertz CT molecular complexity index is 1050. The second-order valence-corrected chi connectivity index (χ2v) is 5.73. The van der Waals surface area contributed by atoms with Crippen LogP contribution in [0.2, 0.25) is 0 Å². The van der Waals surface area contributed by atoms with Gasteiger partial charge in [-0.05, 0) is 12.1 Å². The summed E-state index contributed by atoms with van der Waals surface area (Å²) in [5, 5.41) is 6.18. The molecule has 0 bridgehead atoms. The van der Waals surface area contributed by atoms with E-state index in [1.54, 1.807) is 27.7 Å². The Morgan fingerprint density at radius 2 is 1.95 bits per heavy atom. The van der Waals surface area contributed by atoms with Gasteiger partial charge in [-0.2, -0.15) is 4.98 Å². The first-order valence-electron chi connectivity index (χ1n) is 6.32. The van der Waals surface area contributed by atoms with E-state index in [9.17, 15) is 4.79 Å². The lowest BCUT2D eigenvalue weighted by atomic mass is 10.1. The minimum atomic E-state index is -0.0392. The molecule has 7 nitrogen and oxygen atoms in total. The number of aryl methyl sites for hydroxylation is 2. The Kier molecular flexibility index (Phi) is 2.29. The third-order valence-corrected chi connectivity index (χ3v) is 4.48. The van der Waals surface area contributed by atoms with Gasteiger partial charge in [-0.25, -0.2) is 9.31 Å². The van der Waals surface area contributed by atoms with Gasteiger partial charge in [0.1, 0.15) is 0 Å². The first-order valence-corrected chi connectivity index (χ1v) is 7.20. The molecule has 0 aliphatic rings. The normalized spacial score (nSPS) is 11.7. The Labute approximate surface area is 122 Å². The predicted molar refractivity (Wildman–Crippen MR) is 82.4 cm³/mol. The largest absolute Gasteiger partial charge is 0.366 e. The number of rotatable bonds is 1. The molecule has 0 fully saturated rings. The number of anilines is 1. The molecule has 2 N–H and O–H groups in total. The predicted octanol–water partition coefficient (Wildman–Crippen LogP) is 1.23. The topological polar surface area (TPSA) is 83.1 Å². The number of fused-ring (bicyclic) bond motifs is 2. The first kappa shape index (κ1) is 12.2.